The Morgan fingerprint density at radius 1 is 1.20 bits per heavy atom. The molecule has 2 rings (SSSR count). The molecule has 2 heteroatoms. The Kier molecular flexibility index (Phi) is 4.11. The van der Waals surface area contributed by atoms with Crippen LogP contribution >= 0.6 is 15.9 Å². The Morgan fingerprint density at radius 2 is 2.00 bits per heavy atom. The molecule has 1 aliphatic carbocycles. The van der Waals surface area contributed by atoms with E-state index in [1.54, 1.807) is 0 Å². The Hall–Kier alpha value is 0.440. The van der Waals surface area contributed by atoms with Gasteiger partial charge in [-0.25, -0.2) is 0 Å². The molecule has 2 fully saturated rings. The smallest absolute Gasteiger partial charge is 0.0687 e. The summed E-state index contributed by atoms with van der Waals surface area (Å²) in [4.78, 5) is 0. The van der Waals surface area contributed by atoms with Crippen molar-refractivity contribution in [2.24, 2.45) is 5.92 Å². The second-order valence-electron chi connectivity index (χ2n) is 5.32. The number of ether oxygens (including phenoxy) is 1. The molecule has 1 spiro atoms. The van der Waals surface area contributed by atoms with E-state index in [-0.39, 0.29) is 5.60 Å². The first-order valence-corrected chi connectivity index (χ1v) is 7.64. The molecule has 0 aromatic carbocycles. The van der Waals surface area contributed by atoms with Crippen LogP contribution in [-0.4, -0.2) is 17.0 Å². The molecule has 2 aliphatic rings. The van der Waals surface area contributed by atoms with Crippen LogP contribution in [0, 0.1) is 5.92 Å². The largest absolute Gasteiger partial charge is 0.371 e. The van der Waals surface area contributed by atoms with Gasteiger partial charge in [-0.1, -0.05) is 42.1 Å². The monoisotopic (exact) mass is 274 g/mol. The van der Waals surface area contributed by atoms with E-state index in [9.17, 15) is 0 Å². The summed E-state index contributed by atoms with van der Waals surface area (Å²) in [5, 5.41) is 1.02. The van der Waals surface area contributed by atoms with Gasteiger partial charge in [0.15, 0.2) is 0 Å². The third-order valence-electron chi connectivity index (χ3n) is 4.34. The van der Waals surface area contributed by atoms with Gasteiger partial charge in [-0.05, 0) is 38.0 Å². The van der Waals surface area contributed by atoms with Crippen molar-refractivity contribution >= 4 is 15.9 Å². The van der Waals surface area contributed by atoms with Crippen molar-refractivity contribution in [2.75, 3.05) is 5.33 Å². The van der Waals surface area contributed by atoms with Crippen LogP contribution in [0.4, 0.5) is 0 Å². The van der Waals surface area contributed by atoms with Gasteiger partial charge in [0.25, 0.3) is 0 Å². The minimum absolute atomic E-state index is 0.280. The highest BCUT2D eigenvalue weighted by Gasteiger charge is 2.40. The van der Waals surface area contributed by atoms with E-state index >= 15 is 0 Å². The molecule has 1 saturated heterocycles. The lowest BCUT2D eigenvalue weighted by Crippen LogP contribution is -2.28. The van der Waals surface area contributed by atoms with Gasteiger partial charge in [0.1, 0.15) is 0 Å². The van der Waals surface area contributed by atoms with Gasteiger partial charge in [-0.3, -0.25) is 0 Å². The Bertz CT molecular complexity index is 203. The van der Waals surface area contributed by atoms with Gasteiger partial charge in [-0.15, -0.1) is 0 Å². The van der Waals surface area contributed by atoms with Crippen molar-refractivity contribution in [3.8, 4) is 0 Å². The molecular weight excluding hydrogens is 252 g/mol. The molecule has 3 unspecified atom stereocenters. The van der Waals surface area contributed by atoms with Gasteiger partial charge in [0.2, 0.25) is 0 Å². The molecule has 1 aliphatic heterocycles. The van der Waals surface area contributed by atoms with E-state index in [0.29, 0.717) is 6.10 Å². The summed E-state index contributed by atoms with van der Waals surface area (Å²) in [5.74, 6) is 0.969. The standard InChI is InChI=1S/C13H23BrO/c1-2-11-4-3-7-13(8-5-11)9-6-12(10-14)15-13/h11-12H,2-10H2,1H3. The first-order chi connectivity index (χ1) is 7.28. The lowest BCUT2D eigenvalue weighted by molar-refractivity contribution is -0.0423. The number of hydrogen-bond donors (Lipinski definition) is 0. The first-order valence-electron chi connectivity index (χ1n) is 6.52. The van der Waals surface area contributed by atoms with E-state index in [1.807, 2.05) is 0 Å². The summed E-state index contributed by atoms with van der Waals surface area (Å²) in [7, 11) is 0. The molecule has 0 amide bonds. The molecule has 0 aromatic heterocycles. The molecule has 3 atom stereocenters. The zero-order valence-electron chi connectivity index (χ0n) is 9.80. The lowest BCUT2D eigenvalue weighted by Gasteiger charge is -2.28. The molecular formula is C13H23BrO. The quantitative estimate of drug-likeness (QED) is 0.683. The fourth-order valence-corrected chi connectivity index (χ4v) is 3.69. The number of alkyl halides is 1. The van der Waals surface area contributed by atoms with Crippen LogP contribution in [0.25, 0.3) is 0 Å². The van der Waals surface area contributed by atoms with Crippen molar-refractivity contribution in [3.05, 3.63) is 0 Å². The first kappa shape index (κ1) is 11.9. The topological polar surface area (TPSA) is 9.23 Å². The minimum Gasteiger partial charge on any atom is -0.371 e. The van der Waals surface area contributed by atoms with Crippen molar-refractivity contribution in [3.63, 3.8) is 0 Å². The fraction of sp³-hybridized carbons (Fsp3) is 1.00. The predicted octanol–water partition coefficient (Wildman–Crippen LogP) is 4.29. The van der Waals surface area contributed by atoms with E-state index in [0.717, 1.165) is 11.2 Å². The molecule has 0 aromatic rings. The van der Waals surface area contributed by atoms with E-state index in [2.05, 4.69) is 22.9 Å². The number of rotatable bonds is 2. The van der Waals surface area contributed by atoms with Crippen LogP contribution in [0.15, 0.2) is 0 Å². The maximum Gasteiger partial charge on any atom is 0.0687 e. The molecule has 1 heterocycles. The summed E-state index contributed by atoms with van der Waals surface area (Å²) in [6.07, 6.45) is 11.3. The zero-order chi connectivity index (χ0) is 10.7. The van der Waals surface area contributed by atoms with E-state index in [1.165, 1.54) is 51.4 Å². The fourth-order valence-electron chi connectivity index (χ4n) is 3.23. The number of hydrogen-bond acceptors (Lipinski definition) is 1. The van der Waals surface area contributed by atoms with Crippen molar-refractivity contribution in [1.82, 2.24) is 0 Å². The van der Waals surface area contributed by atoms with Crippen LogP contribution in [0.3, 0.4) is 0 Å². The van der Waals surface area contributed by atoms with Gasteiger partial charge in [0, 0.05) is 5.33 Å². The van der Waals surface area contributed by atoms with Gasteiger partial charge in [-0.2, -0.15) is 0 Å². The van der Waals surface area contributed by atoms with Crippen LogP contribution in [0.1, 0.15) is 58.3 Å². The maximum atomic E-state index is 6.26. The molecule has 88 valence electrons. The van der Waals surface area contributed by atoms with Gasteiger partial charge >= 0.3 is 0 Å². The Morgan fingerprint density at radius 3 is 2.67 bits per heavy atom. The Labute approximate surface area is 102 Å². The third-order valence-corrected chi connectivity index (χ3v) is 5.06. The molecule has 0 N–H and O–H groups in total. The van der Waals surface area contributed by atoms with Crippen LogP contribution in [0.2, 0.25) is 0 Å². The average molecular weight is 275 g/mol. The summed E-state index contributed by atoms with van der Waals surface area (Å²) >= 11 is 3.55. The Balaban J connectivity index is 1.92. The molecule has 1 nitrogen and oxygen atoms in total. The van der Waals surface area contributed by atoms with E-state index in [4.69, 9.17) is 4.74 Å². The normalized spacial score (nSPS) is 42.0. The maximum absolute atomic E-state index is 6.26. The van der Waals surface area contributed by atoms with E-state index < -0.39 is 0 Å². The minimum atomic E-state index is 0.280. The average Bonchev–Trinajstić information content (AvgIpc) is 2.55. The summed E-state index contributed by atoms with van der Waals surface area (Å²) in [6, 6.07) is 0. The molecule has 0 radical (unpaired) electrons. The van der Waals surface area contributed by atoms with Crippen molar-refractivity contribution in [1.29, 1.82) is 0 Å². The predicted molar refractivity (Wildman–Crippen MR) is 67.5 cm³/mol. The SMILES string of the molecule is CCC1CCCC2(CC1)CCC(CBr)O2. The highest BCUT2D eigenvalue weighted by molar-refractivity contribution is 9.09. The lowest BCUT2D eigenvalue weighted by atomic mass is 9.90. The summed E-state index contributed by atoms with van der Waals surface area (Å²) in [6.45, 7) is 2.33. The third kappa shape index (κ3) is 2.76. The molecule has 0 bridgehead atoms. The van der Waals surface area contributed by atoms with Gasteiger partial charge in [0.05, 0.1) is 11.7 Å². The van der Waals surface area contributed by atoms with Crippen molar-refractivity contribution < 1.29 is 4.74 Å². The molecule has 1 saturated carbocycles. The highest BCUT2D eigenvalue weighted by Crippen LogP contribution is 2.43. The van der Waals surface area contributed by atoms with Crippen LogP contribution in [0.5, 0.6) is 0 Å². The summed E-state index contributed by atoms with van der Waals surface area (Å²) in [5.41, 5.74) is 0.280. The number of halogens is 1. The summed E-state index contributed by atoms with van der Waals surface area (Å²) < 4.78 is 6.26. The second-order valence-corrected chi connectivity index (χ2v) is 5.97. The zero-order valence-corrected chi connectivity index (χ0v) is 11.4. The van der Waals surface area contributed by atoms with Crippen molar-refractivity contribution in [2.45, 2.75) is 70.0 Å². The molecule has 15 heavy (non-hydrogen) atoms. The van der Waals surface area contributed by atoms with Crippen LogP contribution in [-0.2, 0) is 4.74 Å². The highest BCUT2D eigenvalue weighted by atomic mass is 79.9. The second kappa shape index (κ2) is 5.18. The van der Waals surface area contributed by atoms with Crippen LogP contribution < -0.4 is 0 Å². The van der Waals surface area contributed by atoms with Gasteiger partial charge < -0.3 is 4.74 Å².